The molecule has 1 aromatic rings. The van der Waals surface area contributed by atoms with Crippen molar-refractivity contribution >= 4 is 11.6 Å². The van der Waals surface area contributed by atoms with Crippen LogP contribution in [0.1, 0.15) is 62.4 Å². The van der Waals surface area contributed by atoms with Crippen LogP contribution in [-0.4, -0.2) is 23.5 Å². The SMILES string of the molecule is CCCCCNC(=O)c1cc(NC2CCCC2)ccn1. The Bertz CT molecular complexity index is 427. The van der Waals surface area contributed by atoms with Gasteiger partial charge in [-0.15, -0.1) is 0 Å². The highest BCUT2D eigenvalue weighted by Crippen LogP contribution is 2.22. The third-order valence-corrected chi connectivity index (χ3v) is 3.78. The quantitative estimate of drug-likeness (QED) is 0.750. The minimum absolute atomic E-state index is 0.0730. The molecule has 2 N–H and O–H groups in total. The summed E-state index contributed by atoms with van der Waals surface area (Å²) in [5, 5.41) is 6.42. The molecule has 0 spiro atoms. The normalized spacial score (nSPS) is 15.2. The van der Waals surface area contributed by atoms with Crippen LogP contribution >= 0.6 is 0 Å². The van der Waals surface area contributed by atoms with Crippen molar-refractivity contribution in [1.29, 1.82) is 0 Å². The number of rotatable bonds is 7. The Balaban J connectivity index is 1.86. The topological polar surface area (TPSA) is 54.0 Å². The van der Waals surface area contributed by atoms with Gasteiger partial charge >= 0.3 is 0 Å². The molecule has 0 radical (unpaired) electrons. The fraction of sp³-hybridized carbons (Fsp3) is 0.625. The number of amides is 1. The molecule has 110 valence electrons. The predicted octanol–water partition coefficient (Wildman–Crippen LogP) is 3.36. The van der Waals surface area contributed by atoms with Gasteiger partial charge in [0.2, 0.25) is 0 Å². The Hall–Kier alpha value is -1.58. The largest absolute Gasteiger partial charge is 0.382 e. The van der Waals surface area contributed by atoms with E-state index in [1.807, 2.05) is 12.1 Å². The molecule has 0 saturated heterocycles. The number of nitrogens with one attached hydrogen (secondary N) is 2. The molecule has 1 fully saturated rings. The number of pyridine rings is 1. The number of carbonyl (C=O) groups is 1. The van der Waals surface area contributed by atoms with Gasteiger partial charge in [0.05, 0.1) is 0 Å². The first kappa shape index (κ1) is 14.8. The van der Waals surface area contributed by atoms with Crippen LogP contribution < -0.4 is 10.6 Å². The van der Waals surface area contributed by atoms with E-state index < -0.39 is 0 Å². The fourth-order valence-electron chi connectivity index (χ4n) is 2.62. The molecule has 1 saturated carbocycles. The second-order valence-electron chi connectivity index (χ2n) is 5.52. The smallest absolute Gasteiger partial charge is 0.269 e. The molecular formula is C16H25N3O. The molecule has 1 aromatic heterocycles. The Kier molecular flexibility index (Phi) is 5.84. The number of hydrogen-bond donors (Lipinski definition) is 2. The Morgan fingerprint density at radius 1 is 1.35 bits per heavy atom. The molecule has 4 nitrogen and oxygen atoms in total. The van der Waals surface area contributed by atoms with Gasteiger partial charge in [0, 0.05) is 24.5 Å². The van der Waals surface area contributed by atoms with E-state index in [9.17, 15) is 4.79 Å². The standard InChI is InChI=1S/C16H25N3O/c1-2-3-6-10-18-16(20)15-12-14(9-11-17-15)19-13-7-4-5-8-13/h9,11-13H,2-8,10H2,1H3,(H,17,19)(H,18,20). The first-order valence-electron chi connectivity index (χ1n) is 7.80. The number of hydrogen-bond acceptors (Lipinski definition) is 3. The number of anilines is 1. The van der Waals surface area contributed by atoms with Crippen LogP contribution in [0.15, 0.2) is 18.3 Å². The fourth-order valence-corrected chi connectivity index (χ4v) is 2.62. The van der Waals surface area contributed by atoms with Crippen LogP contribution in [0.3, 0.4) is 0 Å². The molecule has 1 heterocycles. The average Bonchev–Trinajstić information content (AvgIpc) is 2.96. The van der Waals surface area contributed by atoms with Gasteiger partial charge < -0.3 is 10.6 Å². The zero-order valence-electron chi connectivity index (χ0n) is 12.3. The Morgan fingerprint density at radius 3 is 2.90 bits per heavy atom. The number of nitrogens with zero attached hydrogens (tertiary/aromatic N) is 1. The van der Waals surface area contributed by atoms with Gasteiger partial charge in [-0.2, -0.15) is 0 Å². The molecule has 0 unspecified atom stereocenters. The van der Waals surface area contributed by atoms with E-state index in [1.165, 1.54) is 25.7 Å². The lowest BCUT2D eigenvalue weighted by molar-refractivity contribution is 0.0948. The van der Waals surface area contributed by atoms with Crippen molar-refractivity contribution in [3.63, 3.8) is 0 Å². The Labute approximate surface area is 121 Å². The summed E-state index contributed by atoms with van der Waals surface area (Å²) in [6.45, 7) is 2.89. The van der Waals surface area contributed by atoms with Gasteiger partial charge in [0.15, 0.2) is 0 Å². The first-order chi connectivity index (χ1) is 9.79. The van der Waals surface area contributed by atoms with Gasteiger partial charge in [-0.1, -0.05) is 32.6 Å². The lowest BCUT2D eigenvalue weighted by Crippen LogP contribution is -2.25. The molecule has 0 aromatic carbocycles. The van der Waals surface area contributed by atoms with Gasteiger partial charge in [-0.05, 0) is 31.4 Å². The van der Waals surface area contributed by atoms with Crippen LogP contribution in [0.5, 0.6) is 0 Å². The summed E-state index contributed by atoms with van der Waals surface area (Å²) in [6.07, 6.45) is 10.1. The average molecular weight is 275 g/mol. The minimum atomic E-state index is -0.0730. The maximum absolute atomic E-state index is 12.0. The molecular weight excluding hydrogens is 250 g/mol. The number of carbonyl (C=O) groups excluding carboxylic acids is 1. The van der Waals surface area contributed by atoms with E-state index in [1.54, 1.807) is 6.20 Å². The zero-order valence-corrected chi connectivity index (χ0v) is 12.3. The summed E-state index contributed by atoms with van der Waals surface area (Å²) in [7, 11) is 0. The minimum Gasteiger partial charge on any atom is -0.382 e. The molecule has 0 aliphatic heterocycles. The highest BCUT2D eigenvalue weighted by molar-refractivity contribution is 5.93. The summed E-state index contributed by atoms with van der Waals surface area (Å²) in [5.41, 5.74) is 1.51. The third kappa shape index (κ3) is 4.51. The Morgan fingerprint density at radius 2 is 2.15 bits per heavy atom. The van der Waals surface area contributed by atoms with E-state index in [2.05, 4.69) is 22.5 Å². The molecule has 1 aliphatic carbocycles. The summed E-state index contributed by atoms with van der Waals surface area (Å²) >= 11 is 0. The van der Waals surface area contributed by atoms with Crippen molar-refractivity contribution in [2.75, 3.05) is 11.9 Å². The second kappa shape index (κ2) is 7.88. The summed E-state index contributed by atoms with van der Waals surface area (Å²) in [6, 6.07) is 4.34. The van der Waals surface area contributed by atoms with E-state index in [0.29, 0.717) is 11.7 Å². The van der Waals surface area contributed by atoms with Crippen molar-refractivity contribution in [2.45, 2.75) is 57.9 Å². The van der Waals surface area contributed by atoms with Gasteiger partial charge in [-0.3, -0.25) is 9.78 Å². The highest BCUT2D eigenvalue weighted by atomic mass is 16.1. The van der Waals surface area contributed by atoms with Crippen molar-refractivity contribution < 1.29 is 4.79 Å². The molecule has 20 heavy (non-hydrogen) atoms. The van der Waals surface area contributed by atoms with Gasteiger partial charge in [0.25, 0.3) is 5.91 Å². The van der Waals surface area contributed by atoms with Crippen LogP contribution in [0.4, 0.5) is 5.69 Å². The van der Waals surface area contributed by atoms with Crippen molar-refractivity contribution in [1.82, 2.24) is 10.3 Å². The zero-order chi connectivity index (χ0) is 14.2. The number of unbranched alkanes of at least 4 members (excludes halogenated alkanes) is 2. The molecule has 1 amide bonds. The van der Waals surface area contributed by atoms with Crippen molar-refractivity contribution in [3.8, 4) is 0 Å². The maximum Gasteiger partial charge on any atom is 0.269 e. The summed E-state index contributed by atoms with van der Waals surface area (Å²) in [4.78, 5) is 16.2. The van der Waals surface area contributed by atoms with E-state index in [0.717, 1.165) is 31.5 Å². The monoisotopic (exact) mass is 275 g/mol. The lowest BCUT2D eigenvalue weighted by Gasteiger charge is -2.13. The van der Waals surface area contributed by atoms with E-state index >= 15 is 0 Å². The third-order valence-electron chi connectivity index (χ3n) is 3.78. The molecule has 1 aliphatic rings. The second-order valence-corrected chi connectivity index (χ2v) is 5.52. The van der Waals surface area contributed by atoms with Crippen molar-refractivity contribution in [2.24, 2.45) is 0 Å². The van der Waals surface area contributed by atoms with Gasteiger partial charge in [0.1, 0.15) is 5.69 Å². The maximum atomic E-state index is 12.0. The van der Waals surface area contributed by atoms with Crippen LogP contribution in [0, 0.1) is 0 Å². The van der Waals surface area contributed by atoms with Crippen LogP contribution in [0.2, 0.25) is 0 Å². The van der Waals surface area contributed by atoms with Crippen LogP contribution in [-0.2, 0) is 0 Å². The van der Waals surface area contributed by atoms with Gasteiger partial charge in [-0.25, -0.2) is 0 Å². The van der Waals surface area contributed by atoms with E-state index in [-0.39, 0.29) is 5.91 Å². The van der Waals surface area contributed by atoms with E-state index in [4.69, 9.17) is 0 Å². The molecule has 0 atom stereocenters. The van der Waals surface area contributed by atoms with Crippen LogP contribution in [0.25, 0.3) is 0 Å². The summed E-state index contributed by atoms with van der Waals surface area (Å²) in [5.74, 6) is -0.0730. The highest BCUT2D eigenvalue weighted by Gasteiger charge is 2.15. The first-order valence-corrected chi connectivity index (χ1v) is 7.80. The molecule has 2 rings (SSSR count). The van der Waals surface area contributed by atoms with Crippen molar-refractivity contribution in [3.05, 3.63) is 24.0 Å². The number of aromatic nitrogens is 1. The molecule has 4 heteroatoms. The summed E-state index contributed by atoms with van der Waals surface area (Å²) < 4.78 is 0. The molecule has 0 bridgehead atoms. The predicted molar refractivity (Wildman–Crippen MR) is 82.0 cm³/mol. The lowest BCUT2D eigenvalue weighted by atomic mass is 10.2.